The molecule has 0 unspecified atom stereocenters. The third-order valence-corrected chi connectivity index (χ3v) is 6.81. The number of amides is 2. The molecule has 2 amide bonds. The van der Waals surface area contributed by atoms with Crippen LogP contribution in [0.3, 0.4) is 0 Å². The van der Waals surface area contributed by atoms with Gasteiger partial charge >= 0.3 is 0 Å². The van der Waals surface area contributed by atoms with Crippen LogP contribution < -0.4 is 10.6 Å². The number of carbonyl (C=O) groups is 2. The lowest BCUT2D eigenvalue weighted by Crippen LogP contribution is -2.44. The Balaban J connectivity index is 2.25. The molecule has 10 nitrogen and oxygen atoms in total. The molecule has 12 heteroatoms. The highest BCUT2D eigenvalue weighted by molar-refractivity contribution is 7.88. The zero-order chi connectivity index (χ0) is 24.3. The SMILES string of the molecule is CC(=O)Nc1ccc(/C=C/c2ccc(NC(=O)C(C)(C)S(=O)(=O)O)cc2)c(S(=O)(=O)O)c1. The number of anilines is 2. The van der Waals surface area contributed by atoms with Gasteiger partial charge in [-0.2, -0.15) is 16.8 Å². The zero-order valence-electron chi connectivity index (χ0n) is 17.4. The molecule has 2 aromatic carbocycles. The molecular weight excluding hydrogens is 460 g/mol. The molecular formula is C20H22N2O8S2. The maximum atomic E-state index is 12.1. The Morgan fingerprint density at radius 1 is 0.875 bits per heavy atom. The fourth-order valence-electron chi connectivity index (χ4n) is 2.44. The zero-order valence-corrected chi connectivity index (χ0v) is 19.0. The molecule has 0 saturated heterocycles. The van der Waals surface area contributed by atoms with Crippen molar-refractivity contribution in [3.8, 4) is 0 Å². The molecule has 0 heterocycles. The van der Waals surface area contributed by atoms with Gasteiger partial charge in [0, 0.05) is 18.3 Å². The van der Waals surface area contributed by atoms with Gasteiger partial charge in [0.25, 0.3) is 20.2 Å². The van der Waals surface area contributed by atoms with Crippen molar-refractivity contribution in [2.45, 2.75) is 30.4 Å². The molecule has 0 radical (unpaired) electrons. The molecule has 0 fully saturated rings. The molecule has 0 aliphatic carbocycles. The molecule has 2 rings (SSSR count). The Morgan fingerprint density at radius 2 is 1.44 bits per heavy atom. The van der Waals surface area contributed by atoms with Crippen molar-refractivity contribution in [1.29, 1.82) is 0 Å². The highest BCUT2D eigenvalue weighted by atomic mass is 32.2. The minimum absolute atomic E-state index is 0.175. The van der Waals surface area contributed by atoms with E-state index in [0.29, 0.717) is 5.56 Å². The van der Waals surface area contributed by atoms with Crippen molar-refractivity contribution in [1.82, 2.24) is 0 Å². The summed E-state index contributed by atoms with van der Waals surface area (Å²) in [4.78, 5) is 22.9. The normalized spacial score (nSPS) is 12.5. The molecule has 0 bridgehead atoms. The molecule has 2 aromatic rings. The van der Waals surface area contributed by atoms with Gasteiger partial charge < -0.3 is 10.6 Å². The Hall–Kier alpha value is -3.06. The molecule has 0 saturated carbocycles. The summed E-state index contributed by atoms with van der Waals surface area (Å²) in [5.41, 5.74) is 1.26. The van der Waals surface area contributed by atoms with Crippen LogP contribution in [0.5, 0.6) is 0 Å². The van der Waals surface area contributed by atoms with E-state index in [2.05, 4.69) is 10.6 Å². The first kappa shape index (κ1) is 25.2. The number of hydrogen-bond acceptors (Lipinski definition) is 6. The lowest BCUT2D eigenvalue weighted by Gasteiger charge is -2.19. The minimum atomic E-state index is -4.61. The molecule has 4 N–H and O–H groups in total. The third-order valence-electron chi connectivity index (χ3n) is 4.43. The Bertz CT molecular complexity index is 1280. The number of nitrogens with one attached hydrogen (secondary N) is 2. The first-order chi connectivity index (χ1) is 14.6. The fourth-order valence-corrected chi connectivity index (χ4v) is 3.43. The summed E-state index contributed by atoms with van der Waals surface area (Å²) in [6, 6.07) is 10.1. The van der Waals surface area contributed by atoms with E-state index < -0.39 is 41.7 Å². The fraction of sp³-hybridized carbons (Fsp3) is 0.200. The largest absolute Gasteiger partial charge is 0.326 e. The van der Waals surface area contributed by atoms with E-state index in [1.807, 2.05) is 0 Å². The van der Waals surface area contributed by atoms with Gasteiger partial charge in [0.05, 0.1) is 0 Å². The molecule has 32 heavy (non-hydrogen) atoms. The van der Waals surface area contributed by atoms with Crippen LogP contribution in [-0.4, -0.2) is 42.5 Å². The second-order valence-corrected chi connectivity index (χ2v) is 10.7. The Labute approximate surface area is 185 Å². The van der Waals surface area contributed by atoms with E-state index in [4.69, 9.17) is 0 Å². The van der Waals surface area contributed by atoms with Crippen LogP contribution in [-0.2, 0) is 29.8 Å². The molecule has 0 spiro atoms. The summed E-state index contributed by atoms with van der Waals surface area (Å²) in [6.45, 7) is 3.40. The number of rotatable bonds is 7. The van der Waals surface area contributed by atoms with Crippen LogP contribution in [0, 0.1) is 0 Å². The standard InChI is InChI=1S/C20H22N2O8S2/c1-13(23)21-17-11-8-15(18(12-17)31(25,26)27)7-4-14-5-9-16(10-6-14)22-19(24)20(2,3)32(28,29)30/h4-12H,1-3H3,(H,21,23)(H,22,24)(H,25,26,27)(H,28,29,30)/b7-4+. The lowest BCUT2D eigenvalue weighted by molar-refractivity contribution is -0.118. The van der Waals surface area contributed by atoms with Gasteiger partial charge in [0.15, 0.2) is 4.75 Å². The van der Waals surface area contributed by atoms with Gasteiger partial charge in [-0.05, 0) is 49.2 Å². The summed E-state index contributed by atoms with van der Waals surface area (Å²) in [7, 11) is -9.17. The topological polar surface area (TPSA) is 167 Å². The van der Waals surface area contributed by atoms with Gasteiger partial charge in [-0.1, -0.05) is 30.4 Å². The molecule has 172 valence electrons. The van der Waals surface area contributed by atoms with E-state index in [-0.39, 0.29) is 16.9 Å². The minimum Gasteiger partial charge on any atom is -0.326 e. The molecule has 0 aliphatic heterocycles. The van der Waals surface area contributed by atoms with Crippen LogP contribution in [0.2, 0.25) is 0 Å². The van der Waals surface area contributed by atoms with E-state index in [0.717, 1.165) is 19.9 Å². The number of benzene rings is 2. The van der Waals surface area contributed by atoms with Gasteiger partial charge in [-0.25, -0.2) is 0 Å². The van der Waals surface area contributed by atoms with Crippen LogP contribution in [0.15, 0.2) is 47.4 Å². The molecule has 0 aliphatic rings. The monoisotopic (exact) mass is 482 g/mol. The maximum Gasteiger partial charge on any atom is 0.295 e. The van der Waals surface area contributed by atoms with Crippen molar-refractivity contribution in [2.75, 3.05) is 10.6 Å². The Morgan fingerprint density at radius 3 is 1.94 bits per heavy atom. The lowest BCUT2D eigenvalue weighted by atomic mass is 10.1. The van der Waals surface area contributed by atoms with Crippen molar-refractivity contribution in [3.05, 3.63) is 53.6 Å². The highest BCUT2D eigenvalue weighted by Crippen LogP contribution is 2.24. The van der Waals surface area contributed by atoms with Crippen molar-refractivity contribution < 1.29 is 35.5 Å². The third kappa shape index (κ3) is 6.23. The van der Waals surface area contributed by atoms with Crippen molar-refractivity contribution in [3.63, 3.8) is 0 Å². The highest BCUT2D eigenvalue weighted by Gasteiger charge is 2.40. The number of hydrogen-bond donors (Lipinski definition) is 4. The van der Waals surface area contributed by atoms with Gasteiger partial charge in [-0.3, -0.25) is 18.7 Å². The first-order valence-corrected chi connectivity index (χ1v) is 11.9. The smallest absolute Gasteiger partial charge is 0.295 e. The van der Waals surface area contributed by atoms with Crippen LogP contribution >= 0.6 is 0 Å². The summed E-state index contributed by atoms with van der Waals surface area (Å²) < 4.78 is 62.7. The maximum absolute atomic E-state index is 12.1. The van der Waals surface area contributed by atoms with Gasteiger partial charge in [-0.15, -0.1) is 0 Å². The second kappa shape index (κ2) is 9.20. The van der Waals surface area contributed by atoms with E-state index in [9.17, 15) is 35.5 Å². The summed E-state index contributed by atoms with van der Waals surface area (Å²) in [6.07, 6.45) is 2.99. The van der Waals surface area contributed by atoms with Gasteiger partial charge in [0.2, 0.25) is 11.8 Å². The second-order valence-electron chi connectivity index (χ2n) is 7.30. The predicted octanol–water partition coefficient (Wildman–Crippen LogP) is 2.67. The first-order valence-electron chi connectivity index (χ1n) is 9.07. The van der Waals surface area contributed by atoms with Crippen molar-refractivity contribution >= 4 is 55.6 Å². The van der Waals surface area contributed by atoms with Crippen LogP contribution in [0.1, 0.15) is 31.9 Å². The van der Waals surface area contributed by atoms with Crippen LogP contribution in [0.4, 0.5) is 11.4 Å². The molecule has 0 aromatic heterocycles. The van der Waals surface area contributed by atoms with E-state index in [1.54, 1.807) is 18.2 Å². The Kier molecular flexibility index (Phi) is 7.25. The quantitative estimate of drug-likeness (QED) is 0.345. The van der Waals surface area contributed by atoms with E-state index in [1.165, 1.54) is 37.3 Å². The summed E-state index contributed by atoms with van der Waals surface area (Å²) in [5, 5.41) is 4.82. The average Bonchev–Trinajstić information content (AvgIpc) is 2.66. The van der Waals surface area contributed by atoms with Crippen LogP contribution in [0.25, 0.3) is 12.2 Å². The molecule has 0 atom stereocenters. The van der Waals surface area contributed by atoms with Gasteiger partial charge in [0.1, 0.15) is 4.90 Å². The summed E-state index contributed by atoms with van der Waals surface area (Å²) in [5.74, 6) is -1.32. The van der Waals surface area contributed by atoms with E-state index >= 15 is 0 Å². The average molecular weight is 483 g/mol. The summed E-state index contributed by atoms with van der Waals surface area (Å²) >= 11 is 0. The predicted molar refractivity (Wildman–Crippen MR) is 120 cm³/mol. The number of carbonyl (C=O) groups excluding carboxylic acids is 2. The van der Waals surface area contributed by atoms with Crippen molar-refractivity contribution in [2.24, 2.45) is 0 Å².